The molecule has 1 N–H and O–H groups in total. The predicted molar refractivity (Wildman–Crippen MR) is 69.4 cm³/mol. The molecule has 1 saturated heterocycles. The zero-order valence-electron chi connectivity index (χ0n) is 8.17. The quantitative estimate of drug-likeness (QED) is 0.680. The van der Waals surface area contributed by atoms with Gasteiger partial charge in [-0.2, -0.15) is 0 Å². The summed E-state index contributed by atoms with van der Waals surface area (Å²) in [5.74, 6) is 0.595. The van der Waals surface area contributed by atoms with Gasteiger partial charge in [-0.1, -0.05) is 11.6 Å². The highest BCUT2D eigenvalue weighted by Gasteiger charge is 2.16. The summed E-state index contributed by atoms with van der Waals surface area (Å²) in [5, 5.41) is 3.88. The molecule has 0 saturated carbocycles. The molecule has 1 unspecified atom stereocenters. The molecule has 1 aliphatic rings. The summed E-state index contributed by atoms with van der Waals surface area (Å²) >= 11 is 8.26. The molecule has 3 nitrogen and oxygen atoms in total. The lowest BCUT2D eigenvalue weighted by Crippen LogP contribution is -2.15. The third-order valence-electron chi connectivity index (χ3n) is 2.45. The average molecular weight is 339 g/mol. The third-order valence-corrected chi connectivity index (χ3v) is 3.63. The van der Waals surface area contributed by atoms with E-state index in [1.165, 1.54) is 0 Å². The summed E-state index contributed by atoms with van der Waals surface area (Å²) in [5.41, 5.74) is 0.937. The van der Waals surface area contributed by atoms with Crippen LogP contribution >= 0.6 is 34.2 Å². The first kappa shape index (κ1) is 11.4. The van der Waals surface area contributed by atoms with Crippen molar-refractivity contribution >= 4 is 39.9 Å². The third kappa shape index (κ3) is 2.95. The number of halogens is 2. The average Bonchev–Trinajstić information content (AvgIpc) is 2.70. The highest BCUT2D eigenvalue weighted by atomic mass is 127. The van der Waals surface area contributed by atoms with Crippen molar-refractivity contribution in [3.05, 3.63) is 21.0 Å². The van der Waals surface area contributed by atoms with Gasteiger partial charge in [0.05, 0.1) is 12.3 Å². The second-order valence-corrected chi connectivity index (χ2v) is 5.09. The van der Waals surface area contributed by atoms with Crippen molar-refractivity contribution in [3.63, 3.8) is 0 Å². The zero-order chi connectivity index (χ0) is 10.7. The van der Waals surface area contributed by atoms with Gasteiger partial charge < -0.3 is 10.1 Å². The maximum Gasteiger partial charge on any atom is 0.153 e. The Morgan fingerprint density at radius 2 is 2.53 bits per heavy atom. The Balaban J connectivity index is 1.97. The smallest absolute Gasteiger partial charge is 0.153 e. The van der Waals surface area contributed by atoms with Crippen molar-refractivity contribution in [2.24, 2.45) is 5.92 Å². The van der Waals surface area contributed by atoms with E-state index in [2.05, 4.69) is 32.9 Å². The second-order valence-electron chi connectivity index (χ2n) is 3.57. The zero-order valence-corrected chi connectivity index (χ0v) is 11.1. The summed E-state index contributed by atoms with van der Waals surface area (Å²) in [6.45, 7) is 2.63. The first-order chi connectivity index (χ1) is 7.27. The summed E-state index contributed by atoms with van der Waals surface area (Å²) in [7, 11) is 0. The summed E-state index contributed by atoms with van der Waals surface area (Å²) in [6.07, 6.45) is 2.84. The standard InChI is InChI=1S/C10H12ClIN2O/c11-10-9(8(12)1-3-13-10)14-5-7-2-4-15-6-7/h1,3,7,14H,2,4-6H2. The number of ether oxygens (including phenoxy) is 1. The predicted octanol–water partition coefficient (Wildman–Crippen LogP) is 2.79. The van der Waals surface area contributed by atoms with E-state index in [4.69, 9.17) is 16.3 Å². The second kappa shape index (κ2) is 5.32. The maximum absolute atomic E-state index is 6.01. The number of hydrogen-bond acceptors (Lipinski definition) is 3. The van der Waals surface area contributed by atoms with Gasteiger partial charge in [-0.25, -0.2) is 4.98 Å². The van der Waals surface area contributed by atoms with Crippen LogP contribution in [0.25, 0.3) is 0 Å². The van der Waals surface area contributed by atoms with Crippen LogP contribution in [-0.2, 0) is 4.74 Å². The minimum absolute atomic E-state index is 0.542. The molecule has 2 heterocycles. The lowest BCUT2D eigenvalue weighted by molar-refractivity contribution is 0.187. The van der Waals surface area contributed by atoms with Crippen LogP contribution in [0.2, 0.25) is 5.15 Å². The van der Waals surface area contributed by atoms with E-state index in [-0.39, 0.29) is 0 Å². The van der Waals surface area contributed by atoms with Crippen molar-refractivity contribution in [3.8, 4) is 0 Å². The van der Waals surface area contributed by atoms with Gasteiger partial charge in [0.1, 0.15) is 0 Å². The van der Waals surface area contributed by atoms with E-state index < -0.39 is 0 Å². The Kier molecular flexibility index (Phi) is 4.05. The van der Waals surface area contributed by atoms with Crippen LogP contribution in [0.3, 0.4) is 0 Å². The molecule has 0 amide bonds. The fourth-order valence-electron chi connectivity index (χ4n) is 1.56. The van der Waals surface area contributed by atoms with Crippen molar-refractivity contribution in [2.75, 3.05) is 25.1 Å². The SMILES string of the molecule is Clc1nccc(I)c1NCC1CCOC1. The van der Waals surface area contributed by atoms with Gasteiger partial charge in [0.2, 0.25) is 0 Å². The monoisotopic (exact) mass is 338 g/mol. The van der Waals surface area contributed by atoms with Crippen molar-refractivity contribution in [2.45, 2.75) is 6.42 Å². The van der Waals surface area contributed by atoms with Crippen molar-refractivity contribution in [1.82, 2.24) is 4.98 Å². The van der Waals surface area contributed by atoms with Gasteiger partial charge in [0, 0.05) is 28.8 Å². The van der Waals surface area contributed by atoms with E-state index in [9.17, 15) is 0 Å². The molecule has 0 spiro atoms. The van der Waals surface area contributed by atoms with Crippen molar-refractivity contribution in [1.29, 1.82) is 0 Å². The first-order valence-electron chi connectivity index (χ1n) is 4.89. The minimum atomic E-state index is 0.542. The van der Waals surface area contributed by atoms with Crippen LogP contribution in [0.1, 0.15) is 6.42 Å². The molecule has 82 valence electrons. The van der Waals surface area contributed by atoms with Gasteiger partial charge >= 0.3 is 0 Å². The van der Waals surface area contributed by atoms with Crippen LogP contribution in [0, 0.1) is 9.49 Å². The Morgan fingerprint density at radius 1 is 1.67 bits per heavy atom. The van der Waals surface area contributed by atoms with Crippen LogP contribution in [0.5, 0.6) is 0 Å². The Morgan fingerprint density at radius 3 is 3.20 bits per heavy atom. The van der Waals surface area contributed by atoms with Gasteiger partial charge in [-0.15, -0.1) is 0 Å². The largest absolute Gasteiger partial charge is 0.381 e. The lowest BCUT2D eigenvalue weighted by Gasteiger charge is -2.12. The number of aromatic nitrogens is 1. The number of rotatable bonds is 3. The Bertz CT molecular complexity index is 322. The fourth-order valence-corrected chi connectivity index (χ4v) is 2.55. The molecule has 1 aromatic rings. The molecule has 0 bridgehead atoms. The molecule has 0 radical (unpaired) electrons. The Hall–Kier alpha value is -0.0700. The van der Waals surface area contributed by atoms with E-state index in [1.54, 1.807) is 6.20 Å². The first-order valence-corrected chi connectivity index (χ1v) is 6.34. The summed E-state index contributed by atoms with van der Waals surface area (Å²) in [4.78, 5) is 4.05. The topological polar surface area (TPSA) is 34.2 Å². The van der Waals surface area contributed by atoms with E-state index in [0.29, 0.717) is 11.1 Å². The number of anilines is 1. The number of nitrogens with zero attached hydrogens (tertiary/aromatic N) is 1. The van der Waals surface area contributed by atoms with Gasteiger partial charge in [-0.3, -0.25) is 0 Å². The van der Waals surface area contributed by atoms with Gasteiger partial charge in [0.25, 0.3) is 0 Å². The van der Waals surface area contributed by atoms with E-state index in [0.717, 1.165) is 35.4 Å². The van der Waals surface area contributed by atoms with Gasteiger partial charge in [0.15, 0.2) is 5.15 Å². The molecule has 1 aliphatic heterocycles. The molecule has 1 atom stereocenters. The molecule has 1 aromatic heterocycles. The summed E-state index contributed by atoms with van der Waals surface area (Å²) < 4.78 is 6.42. The van der Waals surface area contributed by atoms with Crippen LogP contribution in [-0.4, -0.2) is 24.7 Å². The molecule has 5 heteroatoms. The number of hydrogen-bond donors (Lipinski definition) is 1. The van der Waals surface area contributed by atoms with Gasteiger partial charge in [-0.05, 0) is 35.1 Å². The fraction of sp³-hybridized carbons (Fsp3) is 0.500. The Labute approximate surface area is 108 Å². The maximum atomic E-state index is 6.01. The molecule has 15 heavy (non-hydrogen) atoms. The highest BCUT2D eigenvalue weighted by Crippen LogP contribution is 2.25. The molecular weight excluding hydrogens is 326 g/mol. The molecular formula is C10H12ClIN2O. The number of nitrogens with one attached hydrogen (secondary N) is 1. The molecule has 2 rings (SSSR count). The van der Waals surface area contributed by atoms with Crippen LogP contribution in [0.15, 0.2) is 12.3 Å². The normalized spacial score (nSPS) is 20.5. The number of pyridine rings is 1. The van der Waals surface area contributed by atoms with Crippen LogP contribution < -0.4 is 5.32 Å². The van der Waals surface area contributed by atoms with E-state index >= 15 is 0 Å². The van der Waals surface area contributed by atoms with E-state index in [1.807, 2.05) is 6.07 Å². The highest BCUT2D eigenvalue weighted by molar-refractivity contribution is 14.1. The van der Waals surface area contributed by atoms with Crippen molar-refractivity contribution < 1.29 is 4.74 Å². The minimum Gasteiger partial charge on any atom is -0.381 e. The molecule has 0 aromatic carbocycles. The molecule has 1 fully saturated rings. The van der Waals surface area contributed by atoms with Crippen LogP contribution in [0.4, 0.5) is 5.69 Å². The lowest BCUT2D eigenvalue weighted by atomic mass is 10.1. The summed E-state index contributed by atoms with van der Waals surface area (Å²) in [6, 6.07) is 1.94. The molecule has 0 aliphatic carbocycles.